The average Bonchev–Trinajstić information content (AvgIpc) is 2.96. The molecule has 1 fully saturated rings. The molecule has 1 saturated heterocycles. The van der Waals surface area contributed by atoms with E-state index >= 15 is 0 Å². The first-order valence-corrected chi connectivity index (χ1v) is 9.85. The molecule has 0 aromatic heterocycles. The van der Waals surface area contributed by atoms with Crippen molar-refractivity contribution in [3.05, 3.63) is 71.0 Å². The zero-order valence-electron chi connectivity index (χ0n) is 15.0. The van der Waals surface area contributed by atoms with Crippen LogP contribution in [0.25, 0.3) is 0 Å². The van der Waals surface area contributed by atoms with E-state index < -0.39 is 40.8 Å². The fraction of sp³-hybridized carbons (Fsp3) is 0.200. The minimum atomic E-state index is -1.02. The highest BCUT2D eigenvalue weighted by molar-refractivity contribution is 8.00. The molecule has 1 N–H and O–H groups in total. The quantitative estimate of drug-likeness (QED) is 0.766. The molecule has 2 aromatic rings. The van der Waals surface area contributed by atoms with Gasteiger partial charge in [0.2, 0.25) is 5.91 Å². The minimum absolute atomic E-state index is 0.150. The van der Waals surface area contributed by atoms with E-state index in [4.69, 9.17) is 4.84 Å². The summed E-state index contributed by atoms with van der Waals surface area (Å²) in [7, 11) is 0. The molecule has 0 radical (unpaired) electrons. The second-order valence-electron chi connectivity index (χ2n) is 6.54. The zero-order chi connectivity index (χ0) is 20.5. The van der Waals surface area contributed by atoms with Crippen LogP contribution in [0.5, 0.6) is 0 Å². The Morgan fingerprint density at radius 2 is 1.69 bits per heavy atom. The number of hydrogen-bond donors (Lipinski definition) is 1. The van der Waals surface area contributed by atoms with Gasteiger partial charge in [-0.05, 0) is 30.2 Å². The van der Waals surface area contributed by atoms with E-state index in [-0.39, 0.29) is 23.3 Å². The molecule has 7 nitrogen and oxygen atoms in total. The monoisotopic (exact) mass is 414 g/mol. The molecule has 9 heteroatoms. The number of imide groups is 1. The molecular weight excluding hydrogens is 399 g/mol. The van der Waals surface area contributed by atoms with Crippen molar-refractivity contribution >= 4 is 35.5 Å². The summed E-state index contributed by atoms with van der Waals surface area (Å²) in [6, 6.07) is 11.3. The van der Waals surface area contributed by atoms with Crippen LogP contribution in [-0.4, -0.2) is 45.8 Å². The summed E-state index contributed by atoms with van der Waals surface area (Å²) in [5.74, 6) is -3.03. The Morgan fingerprint density at radius 3 is 2.31 bits per heavy atom. The number of nitrogens with zero attached hydrogens (tertiary/aromatic N) is 1. The van der Waals surface area contributed by atoms with E-state index in [1.54, 1.807) is 30.3 Å². The van der Waals surface area contributed by atoms with Crippen molar-refractivity contribution in [3.63, 3.8) is 0 Å². The van der Waals surface area contributed by atoms with Gasteiger partial charge in [0.25, 0.3) is 11.8 Å². The van der Waals surface area contributed by atoms with Crippen molar-refractivity contribution in [2.24, 2.45) is 0 Å². The first kappa shape index (κ1) is 19.1. The number of fused-ring (bicyclic) bond motifs is 1. The van der Waals surface area contributed by atoms with Gasteiger partial charge in [-0.25, -0.2) is 9.18 Å². The van der Waals surface area contributed by atoms with Crippen LogP contribution >= 0.6 is 11.8 Å². The molecule has 148 valence electrons. The molecule has 0 saturated carbocycles. The lowest BCUT2D eigenvalue weighted by molar-refractivity contribution is -0.171. The van der Waals surface area contributed by atoms with E-state index in [1.807, 2.05) is 0 Å². The van der Waals surface area contributed by atoms with E-state index in [9.17, 15) is 23.6 Å². The number of hydrogen-bond acceptors (Lipinski definition) is 6. The first-order chi connectivity index (χ1) is 14.0. The maximum Gasteiger partial charge on any atom is 0.356 e. The largest absolute Gasteiger partial charge is 0.356 e. The van der Waals surface area contributed by atoms with Crippen molar-refractivity contribution in [1.29, 1.82) is 0 Å². The van der Waals surface area contributed by atoms with E-state index in [0.717, 1.165) is 0 Å². The standard InChI is InChI=1S/C20H15FN2O5S/c21-14-8-4-1-5-11(14)9-16-17(24)22-15(10-29-16)20(27)28-23-18(25)12-6-2-3-7-13(12)19(23)26/h1-8,15-16H,9-10H2,(H,22,24). The fourth-order valence-corrected chi connectivity index (χ4v) is 4.30. The summed E-state index contributed by atoms with van der Waals surface area (Å²) in [5, 5.41) is 2.38. The maximum absolute atomic E-state index is 13.8. The molecule has 0 bridgehead atoms. The number of rotatable bonds is 4. The molecular formula is C20H15FN2O5S. The number of thioether (sulfide) groups is 1. The molecule has 2 aromatic carbocycles. The van der Waals surface area contributed by atoms with Gasteiger partial charge in [0.15, 0.2) is 0 Å². The number of carbonyl (C=O) groups excluding carboxylic acids is 4. The highest BCUT2D eigenvalue weighted by Gasteiger charge is 2.41. The summed E-state index contributed by atoms with van der Waals surface area (Å²) in [5.41, 5.74) is 0.710. The lowest BCUT2D eigenvalue weighted by Gasteiger charge is -2.28. The van der Waals surface area contributed by atoms with Gasteiger partial charge in [-0.3, -0.25) is 14.4 Å². The van der Waals surface area contributed by atoms with Crippen molar-refractivity contribution in [3.8, 4) is 0 Å². The Kier molecular flexibility index (Phi) is 5.06. The lowest BCUT2D eigenvalue weighted by atomic mass is 10.1. The van der Waals surface area contributed by atoms with Crippen LogP contribution in [0.1, 0.15) is 26.3 Å². The van der Waals surface area contributed by atoms with Gasteiger partial charge < -0.3 is 10.2 Å². The minimum Gasteiger partial charge on any atom is -0.341 e. The number of nitrogens with one attached hydrogen (secondary N) is 1. The van der Waals surface area contributed by atoms with Crippen molar-refractivity contribution in [2.75, 3.05) is 5.75 Å². The van der Waals surface area contributed by atoms with Gasteiger partial charge in [0, 0.05) is 5.75 Å². The SMILES string of the molecule is O=C(ON1C(=O)c2ccccc2C1=O)C1CSC(Cc2ccccc2F)C(=O)N1. The molecule has 2 unspecified atom stereocenters. The zero-order valence-corrected chi connectivity index (χ0v) is 15.8. The van der Waals surface area contributed by atoms with Crippen molar-refractivity contribution < 1.29 is 28.4 Å². The molecule has 0 aliphatic carbocycles. The second-order valence-corrected chi connectivity index (χ2v) is 7.77. The topological polar surface area (TPSA) is 92.8 Å². The predicted molar refractivity (Wildman–Crippen MR) is 101 cm³/mol. The molecule has 29 heavy (non-hydrogen) atoms. The maximum atomic E-state index is 13.8. The number of benzene rings is 2. The number of carbonyl (C=O) groups is 4. The Bertz CT molecular complexity index is 992. The Morgan fingerprint density at radius 1 is 1.07 bits per heavy atom. The number of hydroxylamine groups is 2. The molecule has 0 spiro atoms. The second kappa shape index (κ2) is 7.67. The summed E-state index contributed by atoms with van der Waals surface area (Å²) in [6.45, 7) is 0. The predicted octanol–water partition coefficient (Wildman–Crippen LogP) is 1.72. The van der Waals surface area contributed by atoms with E-state index in [0.29, 0.717) is 10.6 Å². The lowest BCUT2D eigenvalue weighted by Crippen LogP contribution is -2.53. The third kappa shape index (κ3) is 3.61. The summed E-state index contributed by atoms with van der Waals surface area (Å²) < 4.78 is 13.8. The first-order valence-electron chi connectivity index (χ1n) is 8.80. The van der Waals surface area contributed by atoms with Crippen LogP contribution in [0, 0.1) is 5.82 Å². The number of halogens is 1. The van der Waals surface area contributed by atoms with Crippen LogP contribution in [0.15, 0.2) is 48.5 Å². The van der Waals surface area contributed by atoms with Crippen LogP contribution in [0.4, 0.5) is 4.39 Å². The molecule has 2 heterocycles. The van der Waals surface area contributed by atoms with Crippen molar-refractivity contribution in [1.82, 2.24) is 10.4 Å². The highest BCUT2D eigenvalue weighted by Crippen LogP contribution is 2.26. The van der Waals surface area contributed by atoms with E-state index in [2.05, 4.69) is 5.32 Å². The third-order valence-electron chi connectivity index (χ3n) is 4.66. The Balaban J connectivity index is 1.38. The Hall–Kier alpha value is -3.20. The molecule has 2 aliphatic heterocycles. The van der Waals surface area contributed by atoms with Gasteiger partial charge in [-0.15, -0.1) is 11.8 Å². The van der Waals surface area contributed by atoms with Gasteiger partial charge >= 0.3 is 5.97 Å². The number of amides is 3. The van der Waals surface area contributed by atoms with Crippen molar-refractivity contribution in [2.45, 2.75) is 17.7 Å². The summed E-state index contributed by atoms with van der Waals surface area (Å²) in [6.07, 6.45) is 0.184. The van der Waals surface area contributed by atoms with Gasteiger partial charge in [0.05, 0.1) is 16.4 Å². The third-order valence-corrected chi connectivity index (χ3v) is 5.97. The van der Waals surface area contributed by atoms with Crippen LogP contribution < -0.4 is 5.32 Å². The van der Waals surface area contributed by atoms with Crippen LogP contribution in [0.3, 0.4) is 0 Å². The van der Waals surface area contributed by atoms with Crippen LogP contribution in [-0.2, 0) is 20.8 Å². The van der Waals surface area contributed by atoms with E-state index in [1.165, 1.54) is 30.0 Å². The molecule has 3 amide bonds. The molecule has 2 aliphatic rings. The fourth-order valence-electron chi connectivity index (χ4n) is 3.14. The molecule has 2 atom stereocenters. The Labute approximate surface area is 169 Å². The highest BCUT2D eigenvalue weighted by atomic mass is 32.2. The van der Waals surface area contributed by atoms with Gasteiger partial charge in [0.1, 0.15) is 11.9 Å². The average molecular weight is 414 g/mol. The molecule has 4 rings (SSSR count). The summed E-state index contributed by atoms with van der Waals surface area (Å²) in [4.78, 5) is 54.3. The normalized spacial score (nSPS) is 21.0. The van der Waals surface area contributed by atoms with Crippen LogP contribution in [0.2, 0.25) is 0 Å². The smallest absolute Gasteiger partial charge is 0.341 e. The van der Waals surface area contributed by atoms with Gasteiger partial charge in [-0.2, -0.15) is 0 Å². The van der Waals surface area contributed by atoms with Gasteiger partial charge in [-0.1, -0.05) is 35.4 Å². The summed E-state index contributed by atoms with van der Waals surface area (Å²) >= 11 is 1.19.